The van der Waals surface area contributed by atoms with Gasteiger partial charge in [0.2, 0.25) is 10.0 Å². The van der Waals surface area contributed by atoms with Crippen LogP contribution in [0, 0.1) is 17.6 Å². The summed E-state index contributed by atoms with van der Waals surface area (Å²) in [6.07, 6.45) is 3.32. The standard InChI is InChI=1S/C17H24F2N2O2S/c1-20(24(22,23)16-3-4-16)11-13-6-8-21(9-7-13)12-14-10-15(18)2-5-17(14)19/h2,5,10,13,16H,3-4,6-9,11-12H2,1H3. The minimum Gasteiger partial charge on any atom is -0.299 e. The summed E-state index contributed by atoms with van der Waals surface area (Å²) >= 11 is 0. The van der Waals surface area contributed by atoms with E-state index in [1.165, 1.54) is 10.4 Å². The van der Waals surface area contributed by atoms with E-state index in [0.717, 1.165) is 50.9 Å². The van der Waals surface area contributed by atoms with Crippen LogP contribution in [0.25, 0.3) is 0 Å². The molecule has 1 aliphatic heterocycles. The Labute approximate surface area is 142 Å². The Balaban J connectivity index is 1.50. The molecule has 0 amide bonds. The zero-order valence-corrected chi connectivity index (χ0v) is 14.7. The van der Waals surface area contributed by atoms with Gasteiger partial charge in [0.05, 0.1) is 5.25 Å². The lowest BCUT2D eigenvalue weighted by atomic mass is 9.96. The molecule has 1 aliphatic carbocycles. The van der Waals surface area contributed by atoms with Gasteiger partial charge in [-0.25, -0.2) is 21.5 Å². The maximum Gasteiger partial charge on any atom is 0.216 e. The Hall–Kier alpha value is -1.05. The molecule has 2 fully saturated rings. The highest BCUT2D eigenvalue weighted by Crippen LogP contribution is 2.31. The molecule has 3 rings (SSSR count). The Bertz CT molecular complexity index is 684. The van der Waals surface area contributed by atoms with Crippen LogP contribution in [0.15, 0.2) is 18.2 Å². The number of halogens is 2. The van der Waals surface area contributed by atoms with Crippen molar-refractivity contribution in [1.82, 2.24) is 9.21 Å². The summed E-state index contributed by atoms with van der Waals surface area (Å²) in [6.45, 7) is 2.50. The number of hydrogen-bond donors (Lipinski definition) is 0. The lowest BCUT2D eigenvalue weighted by molar-refractivity contribution is 0.164. The van der Waals surface area contributed by atoms with Gasteiger partial charge in [0, 0.05) is 25.7 Å². The fourth-order valence-electron chi connectivity index (χ4n) is 3.32. The molecule has 0 N–H and O–H groups in total. The Kier molecular flexibility index (Phi) is 5.22. The van der Waals surface area contributed by atoms with Crippen molar-refractivity contribution in [3.05, 3.63) is 35.4 Å². The van der Waals surface area contributed by atoms with Crippen LogP contribution in [0.5, 0.6) is 0 Å². The van der Waals surface area contributed by atoms with E-state index in [0.29, 0.717) is 24.6 Å². The van der Waals surface area contributed by atoms with Crippen molar-refractivity contribution < 1.29 is 17.2 Å². The predicted octanol–water partition coefficient (Wildman–Crippen LogP) is 2.60. The number of sulfonamides is 1. The van der Waals surface area contributed by atoms with E-state index >= 15 is 0 Å². The van der Waals surface area contributed by atoms with Gasteiger partial charge in [0.25, 0.3) is 0 Å². The monoisotopic (exact) mass is 358 g/mol. The Morgan fingerprint density at radius 1 is 1.17 bits per heavy atom. The van der Waals surface area contributed by atoms with E-state index in [1.807, 2.05) is 0 Å². The zero-order chi connectivity index (χ0) is 17.3. The second-order valence-electron chi connectivity index (χ2n) is 6.98. The fourth-order valence-corrected chi connectivity index (χ4v) is 4.98. The highest BCUT2D eigenvalue weighted by Gasteiger charge is 2.39. The molecule has 134 valence electrons. The maximum atomic E-state index is 13.7. The topological polar surface area (TPSA) is 40.6 Å². The summed E-state index contributed by atoms with van der Waals surface area (Å²) in [7, 11) is -1.44. The van der Waals surface area contributed by atoms with Crippen LogP contribution in [0.1, 0.15) is 31.2 Å². The number of hydrogen-bond acceptors (Lipinski definition) is 3. The molecule has 24 heavy (non-hydrogen) atoms. The molecule has 0 bridgehead atoms. The third-order valence-corrected chi connectivity index (χ3v) is 7.34. The van der Waals surface area contributed by atoms with Crippen molar-refractivity contribution in [1.29, 1.82) is 0 Å². The van der Waals surface area contributed by atoms with Crippen LogP contribution in [-0.2, 0) is 16.6 Å². The highest BCUT2D eigenvalue weighted by molar-refractivity contribution is 7.90. The van der Waals surface area contributed by atoms with Gasteiger partial charge in [-0.3, -0.25) is 4.90 Å². The lowest BCUT2D eigenvalue weighted by Gasteiger charge is -2.33. The third-order valence-electron chi connectivity index (χ3n) is 5.00. The molecule has 0 atom stereocenters. The second-order valence-corrected chi connectivity index (χ2v) is 9.30. The molecule has 1 saturated heterocycles. The molecule has 2 aliphatic rings. The largest absolute Gasteiger partial charge is 0.299 e. The third kappa shape index (κ3) is 4.13. The fraction of sp³-hybridized carbons (Fsp3) is 0.647. The van der Waals surface area contributed by atoms with Gasteiger partial charge in [-0.2, -0.15) is 0 Å². The van der Waals surface area contributed by atoms with Gasteiger partial charge in [0.1, 0.15) is 11.6 Å². The van der Waals surface area contributed by atoms with Crippen LogP contribution < -0.4 is 0 Å². The molecule has 0 spiro atoms. The van der Waals surface area contributed by atoms with Gasteiger partial charge >= 0.3 is 0 Å². The molecule has 1 heterocycles. The van der Waals surface area contributed by atoms with Crippen LogP contribution in [0.2, 0.25) is 0 Å². The lowest BCUT2D eigenvalue weighted by Crippen LogP contribution is -2.40. The molecule has 1 aromatic carbocycles. The Morgan fingerprint density at radius 3 is 2.46 bits per heavy atom. The Morgan fingerprint density at radius 2 is 1.83 bits per heavy atom. The van der Waals surface area contributed by atoms with E-state index in [2.05, 4.69) is 4.90 Å². The van der Waals surface area contributed by atoms with Gasteiger partial charge in [-0.05, 0) is 62.9 Å². The normalized spacial score (nSPS) is 20.7. The van der Waals surface area contributed by atoms with Gasteiger partial charge in [-0.1, -0.05) is 0 Å². The first-order valence-electron chi connectivity index (χ1n) is 8.47. The number of likely N-dealkylation sites (tertiary alicyclic amines) is 1. The minimum absolute atomic E-state index is 0.168. The number of piperidine rings is 1. The van der Waals surface area contributed by atoms with Crippen LogP contribution in [0.4, 0.5) is 8.78 Å². The van der Waals surface area contributed by atoms with Gasteiger partial charge in [-0.15, -0.1) is 0 Å². The highest BCUT2D eigenvalue weighted by atomic mass is 32.2. The minimum atomic E-state index is -3.11. The molecule has 0 unspecified atom stereocenters. The van der Waals surface area contributed by atoms with E-state index in [-0.39, 0.29) is 11.1 Å². The van der Waals surface area contributed by atoms with Gasteiger partial charge < -0.3 is 0 Å². The quantitative estimate of drug-likeness (QED) is 0.785. The number of benzene rings is 1. The first-order valence-corrected chi connectivity index (χ1v) is 9.98. The summed E-state index contributed by atoms with van der Waals surface area (Å²) in [6, 6.07) is 3.54. The SMILES string of the molecule is CN(CC1CCN(Cc2cc(F)ccc2F)CC1)S(=O)(=O)C1CC1. The number of nitrogens with zero attached hydrogens (tertiary/aromatic N) is 2. The second kappa shape index (κ2) is 7.06. The maximum absolute atomic E-state index is 13.7. The summed E-state index contributed by atoms with van der Waals surface area (Å²) < 4.78 is 52.8. The molecule has 0 aromatic heterocycles. The zero-order valence-electron chi connectivity index (χ0n) is 13.9. The smallest absolute Gasteiger partial charge is 0.216 e. The van der Waals surface area contributed by atoms with Crippen molar-refractivity contribution >= 4 is 10.0 Å². The molecule has 0 radical (unpaired) electrons. The van der Waals surface area contributed by atoms with Crippen molar-refractivity contribution in [2.45, 2.75) is 37.5 Å². The van der Waals surface area contributed by atoms with Crippen molar-refractivity contribution in [3.63, 3.8) is 0 Å². The van der Waals surface area contributed by atoms with Crippen LogP contribution in [0.3, 0.4) is 0 Å². The van der Waals surface area contributed by atoms with Crippen molar-refractivity contribution in [3.8, 4) is 0 Å². The molecule has 1 aromatic rings. The summed E-state index contributed by atoms with van der Waals surface area (Å²) in [5, 5.41) is -0.168. The van der Waals surface area contributed by atoms with E-state index in [4.69, 9.17) is 0 Å². The molecule has 1 saturated carbocycles. The first kappa shape index (κ1) is 17.8. The molecule has 7 heteroatoms. The average molecular weight is 358 g/mol. The van der Waals surface area contributed by atoms with Crippen molar-refractivity contribution in [2.24, 2.45) is 5.92 Å². The van der Waals surface area contributed by atoms with Crippen LogP contribution >= 0.6 is 0 Å². The summed E-state index contributed by atoms with van der Waals surface area (Å²) in [5.41, 5.74) is 0.377. The molecule has 4 nitrogen and oxygen atoms in total. The van der Waals surface area contributed by atoms with Crippen molar-refractivity contribution in [2.75, 3.05) is 26.7 Å². The summed E-state index contributed by atoms with van der Waals surface area (Å²) in [5.74, 6) is -0.473. The predicted molar refractivity (Wildman–Crippen MR) is 88.9 cm³/mol. The average Bonchev–Trinajstić information content (AvgIpc) is 3.38. The van der Waals surface area contributed by atoms with E-state index < -0.39 is 15.8 Å². The molecular weight excluding hydrogens is 334 g/mol. The summed E-state index contributed by atoms with van der Waals surface area (Å²) in [4.78, 5) is 2.10. The van der Waals surface area contributed by atoms with E-state index in [1.54, 1.807) is 7.05 Å². The molecular formula is C17H24F2N2O2S. The first-order chi connectivity index (χ1) is 11.4. The van der Waals surface area contributed by atoms with E-state index in [9.17, 15) is 17.2 Å². The van der Waals surface area contributed by atoms with Crippen LogP contribution in [-0.4, -0.2) is 49.6 Å². The number of rotatable bonds is 6. The van der Waals surface area contributed by atoms with Gasteiger partial charge in [0.15, 0.2) is 0 Å².